The van der Waals surface area contributed by atoms with E-state index in [2.05, 4.69) is 10.3 Å². The van der Waals surface area contributed by atoms with E-state index < -0.39 is 6.04 Å². The molecule has 0 fully saturated rings. The van der Waals surface area contributed by atoms with Gasteiger partial charge in [0.05, 0.1) is 6.04 Å². The van der Waals surface area contributed by atoms with E-state index >= 15 is 0 Å². The molecule has 1 atom stereocenters. The lowest BCUT2D eigenvalue weighted by atomic mass is 10.0. The second-order valence-electron chi connectivity index (χ2n) is 4.20. The summed E-state index contributed by atoms with van der Waals surface area (Å²) in [7, 11) is 1.60. The first kappa shape index (κ1) is 11.7. The van der Waals surface area contributed by atoms with Crippen LogP contribution in [0.4, 0.5) is 0 Å². The number of carbonyl (C=O) groups is 1. The number of para-hydroxylation sites is 1. The highest BCUT2D eigenvalue weighted by atomic mass is 16.2. The number of hydrogen-bond acceptors (Lipinski definition) is 2. The number of nitrogens with one attached hydrogen (secondary N) is 2. The molecule has 4 N–H and O–H groups in total. The first-order valence-corrected chi connectivity index (χ1v) is 5.67. The Bertz CT molecular complexity index is 545. The average molecular weight is 231 g/mol. The lowest BCUT2D eigenvalue weighted by molar-refractivity contribution is -0.121. The minimum atomic E-state index is -0.502. The van der Waals surface area contributed by atoms with Crippen molar-refractivity contribution in [3.63, 3.8) is 0 Å². The quantitative estimate of drug-likeness (QED) is 0.740. The van der Waals surface area contributed by atoms with Crippen LogP contribution in [-0.2, 0) is 11.2 Å². The molecule has 1 aromatic carbocycles. The second kappa shape index (κ2) is 4.59. The zero-order chi connectivity index (χ0) is 12.4. The van der Waals surface area contributed by atoms with Gasteiger partial charge in [-0.15, -0.1) is 0 Å². The molecule has 1 amide bonds. The predicted octanol–water partition coefficient (Wildman–Crippen LogP) is 1.09. The summed E-state index contributed by atoms with van der Waals surface area (Å²) >= 11 is 0. The Kier molecular flexibility index (Phi) is 3.15. The highest BCUT2D eigenvalue weighted by Gasteiger charge is 2.16. The van der Waals surface area contributed by atoms with E-state index in [0.29, 0.717) is 6.42 Å². The van der Waals surface area contributed by atoms with Crippen LogP contribution in [0.5, 0.6) is 0 Å². The van der Waals surface area contributed by atoms with Gasteiger partial charge < -0.3 is 16.0 Å². The van der Waals surface area contributed by atoms with Crippen LogP contribution in [0, 0.1) is 6.92 Å². The molecule has 4 nitrogen and oxygen atoms in total. The summed E-state index contributed by atoms with van der Waals surface area (Å²) in [5.41, 5.74) is 9.14. The van der Waals surface area contributed by atoms with Crippen LogP contribution in [0.15, 0.2) is 24.3 Å². The molecule has 0 radical (unpaired) electrons. The van der Waals surface area contributed by atoms with Crippen LogP contribution in [0.25, 0.3) is 10.9 Å². The number of aromatic nitrogens is 1. The number of likely N-dealkylation sites (N-methyl/N-ethyl adjacent to an activating group) is 1. The fourth-order valence-electron chi connectivity index (χ4n) is 2.10. The number of benzene rings is 1. The fourth-order valence-corrected chi connectivity index (χ4v) is 2.10. The summed E-state index contributed by atoms with van der Waals surface area (Å²) < 4.78 is 0. The van der Waals surface area contributed by atoms with E-state index in [-0.39, 0.29) is 5.91 Å². The predicted molar refractivity (Wildman–Crippen MR) is 68.8 cm³/mol. The van der Waals surface area contributed by atoms with Gasteiger partial charge >= 0.3 is 0 Å². The summed E-state index contributed by atoms with van der Waals surface area (Å²) in [6, 6.07) is 7.55. The van der Waals surface area contributed by atoms with Gasteiger partial charge in [0.2, 0.25) is 5.91 Å². The molecule has 90 valence electrons. The third-order valence-electron chi connectivity index (χ3n) is 3.03. The van der Waals surface area contributed by atoms with E-state index in [0.717, 1.165) is 22.2 Å². The van der Waals surface area contributed by atoms with Crippen LogP contribution >= 0.6 is 0 Å². The molecule has 0 bridgehead atoms. The van der Waals surface area contributed by atoms with Crippen LogP contribution < -0.4 is 11.1 Å². The van der Waals surface area contributed by atoms with Gasteiger partial charge in [0.15, 0.2) is 0 Å². The third-order valence-corrected chi connectivity index (χ3v) is 3.03. The minimum absolute atomic E-state index is 0.130. The van der Waals surface area contributed by atoms with Crippen molar-refractivity contribution >= 4 is 16.8 Å². The molecule has 0 aliphatic rings. The number of H-pyrrole nitrogens is 1. The maximum atomic E-state index is 11.4. The summed E-state index contributed by atoms with van der Waals surface area (Å²) in [4.78, 5) is 14.7. The number of nitrogens with two attached hydrogens (primary N) is 1. The molecule has 0 aliphatic carbocycles. The van der Waals surface area contributed by atoms with Crippen molar-refractivity contribution in [3.05, 3.63) is 35.5 Å². The van der Waals surface area contributed by atoms with Gasteiger partial charge in [-0.25, -0.2) is 0 Å². The molecule has 0 saturated carbocycles. The maximum Gasteiger partial charge on any atom is 0.237 e. The molecule has 17 heavy (non-hydrogen) atoms. The Balaban J connectivity index is 2.35. The van der Waals surface area contributed by atoms with Crippen molar-refractivity contribution in [2.75, 3.05) is 7.05 Å². The smallest absolute Gasteiger partial charge is 0.237 e. The molecule has 2 aromatic rings. The highest BCUT2D eigenvalue weighted by Crippen LogP contribution is 2.22. The Morgan fingerprint density at radius 1 is 1.47 bits per heavy atom. The molecular weight excluding hydrogens is 214 g/mol. The highest BCUT2D eigenvalue weighted by molar-refractivity contribution is 5.87. The molecule has 2 rings (SSSR count). The minimum Gasteiger partial charge on any atom is -0.358 e. The van der Waals surface area contributed by atoms with E-state index in [9.17, 15) is 4.79 Å². The normalized spacial score (nSPS) is 12.6. The molecule has 1 aromatic heterocycles. The molecular formula is C13H17N3O. The van der Waals surface area contributed by atoms with Gasteiger partial charge in [-0.1, -0.05) is 18.2 Å². The van der Waals surface area contributed by atoms with E-state index in [1.54, 1.807) is 7.05 Å². The molecule has 4 heteroatoms. The zero-order valence-electron chi connectivity index (χ0n) is 10.1. The van der Waals surface area contributed by atoms with Crippen molar-refractivity contribution in [2.45, 2.75) is 19.4 Å². The molecule has 1 heterocycles. The first-order chi connectivity index (χ1) is 8.13. The summed E-state index contributed by atoms with van der Waals surface area (Å²) in [6.07, 6.45) is 0.551. The van der Waals surface area contributed by atoms with Gasteiger partial charge in [-0.2, -0.15) is 0 Å². The zero-order valence-corrected chi connectivity index (χ0v) is 10.1. The van der Waals surface area contributed by atoms with Crippen molar-refractivity contribution in [1.29, 1.82) is 0 Å². The Morgan fingerprint density at radius 3 is 2.88 bits per heavy atom. The summed E-state index contributed by atoms with van der Waals surface area (Å²) in [6.45, 7) is 2.01. The molecule has 0 saturated heterocycles. The number of amides is 1. The number of hydrogen-bond donors (Lipinski definition) is 3. The molecule has 0 spiro atoms. The Hall–Kier alpha value is -1.81. The SMILES string of the molecule is CNC(=O)C(N)Cc1c(C)[nH]c2ccccc12. The average Bonchev–Trinajstić information content (AvgIpc) is 2.65. The lowest BCUT2D eigenvalue weighted by Crippen LogP contribution is -2.40. The third kappa shape index (κ3) is 2.17. The van der Waals surface area contributed by atoms with Crippen molar-refractivity contribution in [2.24, 2.45) is 5.73 Å². The van der Waals surface area contributed by atoms with Crippen molar-refractivity contribution < 1.29 is 4.79 Å². The van der Waals surface area contributed by atoms with E-state index in [1.807, 2.05) is 31.2 Å². The number of aryl methyl sites for hydroxylation is 1. The summed E-state index contributed by atoms with van der Waals surface area (Å²) in [5.74, 6) is -0.130. The number of carbonyl (C=O) groups excluding carboxylic acids is 1. The van der Waals surface area contributed by atoms with Crippen LogP contribution in [-0.4, -0.2) is 24.0 Å². The van der Waals surface area contributed by atoms with Crippen LogP contribution in [0.3, 0.4) is 0 Å². The van der Waals surface area contributed by atoms with Crippen molar-refractivity contribution in [1.82, 2.24) is 10.3 Å². The van der Waals surface area contributed by atoms with Crippen LogP contribution in [0.2, 0.25) is 0 Å². The second-order valence-corrected chi connectivity index (χ2v) is 4.20. The van der Waals surface area contributed by atoms with Gasteiger partial charge in [0.1, 0.15) is 0 Å². The number of rotatable bonds is 3. The fraction of sp³-hybridized carbons (Fsp3) is 0.308. The standard InChI is InChI=1S/C13H17N3O/c1-8-10(7-11(14)13(17)15-2)9-5-3-4-6-12(9)16-8/h3-6,11,16H,7,14H2,1-2H3,(H,15,17). The van der Waals surface area contributed by atoms with E-state index in [1.165, 1.54) is 0 Å². The van der Waals surface area contributed by atoms with Crippen molar-refractivity contribution in [3.8, 4) is 0 Å². The summed E-state index contributed by atoms with van der Waals surface area (Å²) in [5, 5.41) is 3.71. The molecule has 1 unspecified atom stereocenters. The number of aromatic amines is 1. The van der Waals surface area contributed by atoms with Gasteiger partial charge in [0, 0.05) is 23.6 Å². The number of fused-ring (bicyclic) bond motifs is 1. The van der Waals surface area contributed by atoms with Gasteiger partial charge in [-0.3, -0.25) is 4.79 Å². The Morgan fingerprint density at radius 2 is 2.18 bits per heavy atom. The van der Waals surface area contributed by atoms with Gasteiger partial charge in [-0.05, 0) is 25.0 Å². The van der Waals surface area contributed by atoms with E-state index in [4.69, 9.17) is 5.73 Å². The van der Waals surface area contributed by atoms with Gasteiger partial charge in [0.25, 0.3) is 0 Å². The largest absolute Gasteiger partial charge is 0.358 e. The lowest BCUT2D eigenvalue weighted by Gasteiger charge is -2.10. The molecule has 0 aliphatic heterocycles. The topological polar surface area (TPSA) is 70.9 Å². The Labute approximate surface area is 100 Å². The maximum absolute atomic E-state index is 11.4. The van der Waals surface area contributed by atoms with Crippen LogP contribution in [0.1, 0.15) is 11.3 Å². The first-order valence-electron chi connectivity index (χ1n) is 5.67. The monoisotopic (exact) mass is 231 g/mol.